The Morgan fingerprint density at radius 3 is 1.00 bits per heavy atom. The van der Waals surface area contributed by atoms with Crippen molar-refractivity contribution in [1.82, 2.24) is 0 Å². The van der Waals surface area contributed by atoms with E-state index in [-0.39, 0.29) is 0 Å². The van der Waals surface area contributed by atoms with Crippen LogP contribution in [-0.4, -0.2) is 11.5 Å². The van der Waals surface area contributed by atoms with E-state index in [0.29, 0.717) is 11.5 Å². The first kappa shape index (κ1) is 46.8. The summed E-state index contributed by atoms with van der Waals surface area (Å²) < 4.78 is 0. The van der Waals surface area contributed by atoms with Gasteiger partial charge in [0.05, 0.1) is 16.5 Å². The average Bonchev–Trinajstić information content (AvgIpc) is 3.16. The molecule has 0 atom stereocenters. The zero-order valence-corrected chi connectivity index (χ0v) is 44.7. The van der Waals surface area contributed by atoms with Crippen molar-refractivity contribution in [2.45, 2.75) is 17.8 Å². The number of fused-ring (bicyclic) bond motifs is 20. The van der Waals surface area contributed by atoms with E-state index < -0.39 is 10.8 Å². The molecule has 2 spiro atoms. The molecule has 0 unspecified atom stereocenters. The van der Waals surface area contributed by atoms with Crippen molar-refractivity contribution < 1.29 is 0 Å². The third-order valence-electron chi connectivity index (χ3n) is 17.9. The van der Waals surface area contributed by atoms with E-state index in [9.17, 15) is 0 Å². The van der Waals surface area contributed by atoms with E-state index in [0.717, 1.165) is 55.8 Å². The topological polar surface area (TPSA) is 24.7 Å². The van der Waals surface area contributed by atoms with Crippen LogP contribution < -0.4 is 0 Å². The number of benzene rings is 12. The Hall–Kier alpha value is -10.3. The van der Waals surface area contributed by atoms with Gasteiger partial charge in [-0.3, -0.25) is 0 Å². The lowest BCUT2D eigenvalue weighted by molar-refractivity contribution is 0.794. The average molecular weight is 1030 g/mol. The van der Waals surface area contributed by atoms with Gasteiger partial charge in [0, 0.05) is 11.3 Å². The number of hydrogen-bond acceptors (Lipinski definition) is 1. The first-order valence-electron chi connectivity index (χ1n) is 28.1. The van der Waals surface area contributed by atoms with Crippen LogP contribution in [0.1, 0.15) is 68.1 Å². The highest BCUT2D eigenvalue weighted by Gasteiger charge is 2.53. The minimum absolute atomic E-state index is 0.496. The van der Waals surface area contributed by atoms with E-state index in [1.54, 1.807) is 0 Å². The summed E-state index contributed by atoms with van der Waals surface area (Å²) >= 11 is 0. The lowest BCUT2D eigenvalue weighted by Crippen LogP contribution is -2.25. The molecule has 2 nitrogen and oxygen atoms in total. The highest BCUT2D eigenvalue weighted by atomic mass is 14.9. The van der Waals surface area contributed by atoms with Crippen molar-refractivity contribution in [3.8, 4) is 77.9 Å². The fraction of sp³-hybridized carbons (Fsp3) is 0.0380. The van der Waals surface area contributed by atoms with E-state index in [1.165, 1.54) is 89.0 Å². The second kappa shape index (κ2) is 18.1. The summed E-state index contributed by atoms with van der Waals surface area (Å²) in [6.45, 7) is 6.73. The molecule has 0 bridgehead atoms. The summed E-state index contributed by atoms with van der Waals surface area (Å²) in [6, 6.07) is 105. The number of hydrogen-bond donors (Lipinski definition) is 0. The first-order chi connectivity index (χ1) is 40.0. The molecular formula is C79H52N2. The molecular weight excluding hydrogens is 977 g/mol. The van der Waals surface area contributed by atoms with Crippen LogP contribution in [0.3, 0.4) is 0 Å². The molecule has 0 saturated heterocycles. The summed E-state index contributed by atoms with van der Waals surface area (Å²) in [5, 5.41) is 0. The van der Waals surface area contributed by atoms with Crippen molar-refractivity contribution in [3.63, 3.8) is 0 Å². The summed E-state index contributed by atoms with van der Waals surface area (Å²) in [7, 11) is 0. The second-order valence-electron chi connectivity index (χ2n) is 22.0. The fourth-order valence-electron chi connectivity index (χ4n) is 14.4. The van der Waals surface area contributed by atoms with E-state index in [4.69, 9.17) is 9.98 Å². The maximum Gasteiger partial charge on any atom is 0.160 e. The van der Waals surface area contributed by atoms with Gasteiger partial charge in [-0.05, 0) is 171 Å². The summed E-state index contributed by atoms with van der Waals surface area (Å²) in [5.74, 6) is 0.587. The van der Waals surface area contributed by atoms with Crippen LogP contribution in [0, 0.1) is 0 Å². The Bertz CT molecular complexity index is 4310. The molecule has 0 saturated carbocycles. The molecule has 378 valence electrons. The SMILES string of the molecule is C=C(/N=C(\N=C(/C)c1ccccc1)c1cc(-c2ccc3c(c2)C2(c4ccccc4-c4ccccc42)c2ccccc2-3)cc(-c2ccc3c(c2)C2(c4ccccc4-c4ccccc42)c2ccccc2-3)c1)c1ccc(-c2ccccc2)cc1. The third kappa shape index (κ3) is 6.87. The Morgan fingerprint density at radius 1 is 0.259 bits per heavy atom. The lowest BCUT2D eigenvalue weighted by Gasteiger charge is -2.31. The van der Waals surface area contributed by atoms with E-state index in [1.807, 2.05) is 6.07 Å². The Labute approximate surface area is 473 Å². The predicted octanol–water partition coefficient (Wildman–Crippen LogP) is 19.3. The van der Waals surface area contributed by atoms with Gasteiger partial charge < -0.3 is 0 Å². The number of amidine groups is 1. The second-order valence-corrected chi connectivity index (χ2v) is 22.0. The van der Waals surface area contributed by atoms with Gasteiger partial charge in [0.15, 0.2) is 5.84 Å². The van der Waals surface area contributed by atoms with Crippen LogP contribution in [0.5, 0.6) is 0 Å². The van der Waals surface area contributed by atoms with Gasteiger partial charge in [0.1, 0.15) is 0 Å². The summed E-state index contributed by atoms with van der Waals surface area (Å²) in [5.41, 5.74) is 30.8. The highest BCUT2D eigenvalue weighted by Crippen LogP contribution is 2.65. The molecule has 4 aliphatic rings. The molecule has 2 heteroatoms. The van der Waals surface area contributed by atoms with E-state index >= 15 is 0 Å². The molecule has 0 heterocycles. The molecule has 81 heavy (non-hydrogen) atoms. The molecule has 12 aromatic carbocycles. The maximum absolute atomic E-state index is 5.51. The van der Waals surface area contributed by atoms with Crippen molar-refractivity contribution >= 4 is 17.2 Å². The van der Waals surface area contributed by atoms with E-state index in [2.05, 4.69) is 293 Å². The Morgan fingerprint density at radius 2 is 0.593 bits per heavy atom. The van der Waals surface area contributed by atoms with Crippen molar-refractivity contribution in [1.29, 1.82) is 0 Å². The van der Waals surface area contributed by atoms with Gasteiger partial charge in [-0.2, -0.15) is 0 Å². The molecule has 0 fully saturated rings. The number of aliphatic imine (C=N–C) groups is 2. The molecule has 4 aliphatic carbocycles. The molecule has 0 amide bonds. The molecule has 12 aromatic rings. The monoisotopic (exact) mass is 1030 g/mol. The predicted molar refractivity (Wildman–Crippen MR) is 336 cm³/mol. The Kier molecular flexibility index (Phi) is 10.5. The molecule has 0 N–H and O–H groups in total. The van der Waals surface area contributed by atoms with Crippen molar-refractivity contribution in [2.75, 3.05) is 0 Å². The van der Waals surface area contributed by atoms with Gasteiger partial charge in [0.25, 0.3) is 0 Å². The highest BCUT2D eigenvalue weighted by molar-refractivity contribution is 6.13. The van der Waals surface area contributed by atoms with Gasteiger partial charge in [0.2, 0.25) is 0 Å². The standard InChI is InChI=1S/C79H52N2/c1-50(52-21-5-3-6-22-52)80-77(81-51(2)53-37-39-55(40-38-53)54-23-7-4-8-24-54)60-46-58(56-41-43-67-65-29-13-19-35-73(65)78(75(67)48-56)69-31-15-9-25-61(69)62-26-10-16-32-70(62)78)45-59(47-60)57-42-44-68-66-30-14-20-36-74(66)79(76(68)49-57)71-33-17-11-27-63(71)64-28-12-18-34-72(64)79/h3-49H,2H2,1H3/b80-50+,81-77-. The Balaban J connectivity index is 0.935. The number of nitrogens with zero attached hydrogens (tertiary/aromatic N) is 2. The molecule has 0 aliphatic heterocycles. The zero-order valence-electron chi connectivity index (χ0n) is 44.7. The van der Waals surface area contributed by atoms with Gasteiger partial charge in [-0.1, -0.05) is 261 Å². The molecule has 16 rings (SSSR count). The maximum atomic E-state index is 5.51. The van der Waals surface area contributed by atoms with Crippen LogP contribution in [0.25, 0.3) is 83.6 Å². The first-order valence-corrected chi connectivity index (χ1v) is 28.1. The summed E-state index contributed by atoms with van der Waals surface area (Å²) in [6.07, 6.45) is 0. The minimum atomic E-state index is -0.496. The largest absolute Gasteiger partial charge is 0.233 e. The number of rotatable bonds is 7. The zero-order chi connectivity index (χ0) is 53.8. The third-order valence-corrected chi connectivity index (χ3v) is 17.9. The van der Waals surface area contributed by atoms with Crippen LogP contribution in [0.2, 0.25) is 0 Å². The van der Waals surface area contributed by atoms with Gasteiger partial charge in [-0.25, -0.2) is 9.98 Å². The smallest absolute Gasteiger partial charge is 0.160 e. The van der Waals surface area contributed by atoms with Crippen LogP contribution >= 0.6 is 0 Å². The lowest BCUT2D eigenvalue weighted by atomic mass is 9.70. The van der Waals surface area contributed by atoms with Crippen molar-refractivity contribution in [3.05, 3.63) is 353 Å². The van der Waals surface area contributed by atoms with Crippen LogP contribution in [-0.2, 0) is 10.8 Å². The quantitative estimate of drug-likeness (QED) is 0.112. The van der Waals surface area contributed by atoms with Crippen LogP contribution in [0.4, 0.5) is 0 Å². The summed E-state index contributed by atoms with van der Waals surface area (Å²) in [4.78, 5) is 11.0. The van der Waals surface area contributed by atoms with Crippen molar-refractivity contribution in [2.24, 2.45) is 9.98 Å². The molecule has 0 radical (unpaired) electrons. The normalized spacial score (nSPS) is 14.1. The van der Waals surface area contributed by atoms with Crippen LogP contribution in [0.15, 0.2) is 302 Å². The molecule has 0 aromatic heterocycles. The van der Waals surface area contributed by atoms with Gasteiger partial charge in [-0.15, -0.1) is 0 Å². The fourth-order valence-corrected chi connectivity index (χ4v) is 14.4. The minimum Gasteiger partial charge on any atom is -0.233 e. The van der Waals surface area contributed by atoms with Gasteiger partial charge >= 0.3 is 0 Å².